The van der Waals surface area contributed by atoms with Crippen LogP contribution in [0.5, 0.6) is 0 Å². The van der Waals surface area contributed by atoms with Crippen LogP contribution in [0.25, 0.3) is 0 Å². The molecule has 12 nitrogen and oxygen atoms in total. The Morgan fingerprint density at radius 3 is 1.03 bits per heavy atom. The Kier molecular flexibility index (Phi) is 25.0. The lowest BCUT2D eigenvalue weighted by Gasteiger charge is -2.26. The molecule has 0 spiro atoms. The van der Waals surface area contributed by atoms with Crippen LogP contribution in [0.4, 0.5) is 0 Å². The summed E-state index contributed by atoms with van der Waals surface area (Å²) in [6, 6.07) is 0. The van der Waals surface area contributed by atoms with E-state index in [2.05, 4.69) is 0 Å². The highest BCUT2D eigenvalue weighted by molar-refractivity contribution is 5.73. The van der Waals surface area contributed by atoms with Gasteiger partial charge in [-0.2, -0.15) is 0 Å². The fraction of sp³-hybridized carbons (Fsp3) is 0.958. The third-order valence-corrected chi connectivity index (χ3v) is 4.39. The van der Waals surface area contributed by atoms with Gasteiger partial charge in [0.15, 0.2) is 6.10 Å². The van der Waals surface area contributed by atoms with Crippen molar-refractivity contribution in [2.24, 2.45) is 11.1 Å². The molecule has 0 aromatic heterocycles. The average Bonchev–Trinajstić information content (AvgIpc) is 2.82. The van der Waals surface area contributed by atoms with E-state index in [9.17, 15) is 9.90 Å². The summed E-state index contributed by atoms with van der Waals surface area (Å²) < 4.78 is 48.4. The van der Waals surface area contributed by atoms with Crippen LogP contribution in [0.1, 0.15) is 20.8 Å². The molecule has 12 heteroatoms. The standard InChI is InChI=1S/C24H49NO11/c1-24(2,3)22(23(26)27)36-21-20-35-19-18-34-17-16-33-15-14-32-13-12-31-11-10-30-9-8-29-7-6-28-5-4-25/h22H,4-21,25H2,1-3H3,(H,26,27). The van der Waals surface area contributed by atoms with Crippen molar-refractivity contribution in [2.75, 3.05) is 119 Å². The van der Waals surface area contributed by atoms with Crippen LogP contribution >= 0.6 is 0 Å². The maximum absolute atomic E-state index is 11.2. The molecule has 0 bridgehead atoms. The van der Waals surface area contributed by atoms with E-state index in [0.29, 0.717) is 112 Å². The minimum absolute atomic E-state index is 0.221. The molecule has 1 atom stereocenters. The summed E-state index contributed by atoms with van der Waals surface area (Å²) >= 11 is 0. The molecule has 0 aliphatic carbocycles. The molecule has 3 N–H and O–H groups in total. The van der Waals surface area contributed by atoms with Crippen molar-refractivity contribution in [1.82, 2.24) is 0 Å². The van der Waals surface area contributed by atoms with Crippen LogP contribution in [0.3, 0.4) is 0 Å². The Morgan fingerprint density at radius 1 is 0.556 bits per heavy atom. The van der Waals surface area contributed by atoms with Crippen LogP contribution in [-0.4, -0.2) is 136 Å². The van der Waals surface area contributed by atoms with Gasteiger partial charge in [0.05, 0.1) is 112 Å². The Hall–Kier alpha value is -0.930. The number of hydrogen-bond acceptors (Lipinski definition) is 11. The van der Waals surface area contributed by atoms with Crippen molar-refractivity contribution < 1.29 is 52.5 Å². The molecule has 0 radical (unpaired) electrons. The van der Waals surface area contributed by atoms with Crippen molar-refractivity contribution in [1.29, 1.82) is 0 Å². The van der Waals surface area contributed by atoms with Gasteiger partial charge in [0, 0.05) is 6.54 Å². The molecule has 216 valence electrons. The predicted molar refractivity (Wildman–Crippen MR) is 132 cm³/mol. The minimum Gasteiger partial charge on any atom is -0.479 e. The predicted octanol–water partition coefficient (Wildman–Crippen LogP) is 0.594. The molecule has 0 fully saturated rings. The number of carboxylic acids is 1. The Morgan fingerprint density at radius 2 is 0.806 bits per heavy atom. The van der Waals surface area contributed by atoms with Gasteiger partial charge in [-0.15, -0.1) is 0 Å². The first-order chi connectivity index (χ1) is 17.4. The average molecular weight is 528 g/mol. The molecule has 0 heterocycles. The Balaban J connectivity index is 3.18. The third-order valence-electron chi connectivity index (χ3n) is 4.39. The zero-order chi connectivity index (χ0) is 26.7. The largest absolute Gasteiger partial charge is 0.479 e. The lowest BCUT2D eigenvalue weighted by Crippen LogP contribution is -2.37. The Labute approximate surface area is 215 Å². The molecule has 0 rings (SSSR count). The summed E-state index contributed by atoms with van der Waals surface area (Å²) in [7, 11) is 0. The highest BCUT2D eigenvalue weighted by Gasteiger charge is 2.31. The smallest absolute Gasteiger partial charge is 0.333 e. The lowest BCUT2D eigenvalue weighted by molar-refractivity contribution is -0.159. The molecular weight excluding hydrogens is 478 g/mol. The summed E-state index contributed by atoms with van der Waals surface area (Å²) in [5.74, 6) is -0.967. The third kappa shape index (κ3) is 24.8. The lowest BCUT2D eigenvalue weighted by atomic mass is 9.89. The van der Waals surface area contributed by atoms with Crippen LogP contribution in [0.2, 0.25) is 0 Å². The van der Waals surface area contributed by atoms with Crippen molar-refractivity contribution in [3.05, 3.63) is 0 Å². The van der Waals surface area contributed by atoms with Gasteiger partial charge in [-0.25, -0.2) is 4.79 Å². The van der Waals surface area contributed by atoms with Crippen molar-refractivity contribution >= 4 is 5.97 Å². The number of aliphatic carboxylic acids is 1. The second-order valence-corrected chi connectivity index (χ2v) is 8.64. The number of carbonyl (C=O) groups is 1. The molecule has 1 unspecified atom stereocenters. The highest BCUT2D eigenvalue weighted by Crippen LogP contribution is 2.22. The molecular formula is C24H49NO11. The van der Waals surface area contributed by atoms with E-state index in [4.69, 9.17) is 48.4 Å². The number of carboxylic acid groups (broad SMARTS) is 1. The fourth-order valence-corrected chi connectivity index (χ4v) is 2.64. The molecule has 0 aliphatic rings. The minimum atomic E-state index is -0.967. The number of hydrogen-bond donors (Lipinski definition) is 2. The normalized spacial score (nSPS) is 12.8. The van der Waals surface area contributed by atoms with E-state index >= 15 is 0 Å². The highest BCUT2D eigenvalue weighted by atomic mass is 16.6. The SMILES string of the molecule is CC(C)(C)C(OCCOCCOCCOCCOCCOCCOCCOCCOCCN)C(=O)O. The second-order valence-electron chi connectivity index (χ2n) is 8.64. The van der Waals surface area contributed by atoms with Gasteiger partial charge in [0.2, 0.25) is 0 Å². The fourth-order valence-electron chi connectivity index (χ4n) is 2.64. The van der Waals surface area contributed by atoms with Gasteiger partial charge in [0.25, 0.3) is 0 Å². The van der Waals surface area contributed by atoms with Crippen LogP contribution in [0.15, 0.2) is 0 Å². The second kappa shape index (κ2) is 25.7. The van der Waals surface area contributed by atoms with Crippen LogP contribution < -0.4 is 5.73 Å². The zero-order valence-electron chi connectivity index (χ0n) is 22.4. The Bertz CT molecular complexity index is 477. The molecule has 36 heavy (non-hydrogen) atoms. The summed E-state index contributed by atoms with van der Waals surface area (Å²) in [6.45, 7) is 14.0. The van der Waals surface area contributed by atoms with E-state index < -0.39 is 17.5 Å². The summed E-state index contributed by atoms with van der Waals surface area (Å²) in [4.78, 5) is 11.2. The maximum Gasteiger partial charge on any atom is 0.333 e. The van der Waals surface area contributed by atoms with Gasteiger partial charge in [-0.3, -0.25) is 0 Å². The quantitative estimate of drug-likeness (QED) is 0.137. The van der Waals surface area contributed by atoms with E-state index in [1.165, 1.54) is 0 Å². The molecule has 0 saturated carbocycles. The van der Waals surface area contributed by atoms with Gasteiger partial charge in [-0.1, -0.05) is 20.8 Å². The van der Waals surface area contributed by atoms with E-state index in [0.717, 1.165) is 0 Å². The van der Waals surface area contributed by atoms with Gasteiger partial charge >= 0.3 is 5.97 Å². The summed E-state index contributed by atoms with van der Waals surface area (Å²) in [6.07, 6.45) is -0.861. The first kappa shape index (κ1) is 35.1. The number of rotatable bonds is 28. The first-order valence-electron chi connectivity index (χ1n) is 12.6. The van der Waals surface area contributed by atoms with Crippen LogP contribution in [-0.2, 0) is 47.4 Å². The van der Waals surface area contributed by atoms with E-state index in [1.54, 1.807) is 0 Å². The topological polar surface area (TPSA) is 146 Å². The van der Waals surface area contributed by atoms with Crippen molar-refractivity contribution in [3.8, 4) is 0 Å². The van der Waals surface area contributed by atoms with Crippen molar-refractivity contribution in [2.45, 2.75) is 26.9 Å². The maximum atomic E-state index is 11.2. The number of ether oxygens (including phenoxy) is 9. The molecule has 0 saturated heterocycles. The first-order valence-corrected chi connectivity index (χ1v) is 12.6. The van der Waals surface area contributed by atoms with Gasteiger partial charge in [-0.05, 0) is 5.41 Å². The number of nitrogens with two attached hydrogens (primary N) is 1. The van der Waals surface area contributed by atoms with Crippen molar-refractivity contribution in [3.63, 3.8) is 0 Å². The van der Waals surface area contributed by atoms with Gasteiger partial charge in [0.1, 0.15) is 0 Å². The van der Waals surface area contributed by atoms with Crippen LogP contribution in [0, 0.1) is 5.41 Å². The monoisotopic (exact) mass is 527 g/mol. The molecule has 0 aromatic rings. The molecule has 0 aliphatic heterocycles. The zero-order valence-corrected chi connectivity index (χ0v) is 22.4. The van der Waals surface area contributed by atoms with E-state index in [1.807, 2.05) is 20.8 Å². The van der Waals surface area contributed by atoms with E-state index in [-0.39, 0.29) is 6.61 Å². The summed E-state index contributed by atoms with van der Waals surface area (Å²) in [5.41, 5.74) is 4.84. The molecule has 0 amide bonds. The molecule has 0 aromatic carbocycles. The van der Waals surface area contributed by atoms with Gasteiger partial charge < -0.3 is 53.5 Å². The summed E-state index contributed by atoms with van der Waals surface area (Å²) in [5, 5.41) is 9.18.